The Morgan fingerprint density at radius 2 is 1.90 bits per heavy atom. The van der Waals surface area contributed by atoms with Gasteiger partial charge in [0.2, 0.25) is 0 Å². The summed E-state index contributed by atoms with van der Waals surface area (Å²) in [5.74, 6) is 0.714. The van der Waals surface area contributed by atoms with Gasteiger partial charge in [-0.15, -0.1) is 0 Å². The first-order valence-electron chi connectivity index (χ1n) is 6.97. The molecule has 0 aliphatic carbocycles. The van der Waals surface area contributed by atoms with Crippen LogP contribution in [0, 0.1) is 5.82 Å². The van der Waals surface area contributed by atoms with Crippen molar-refractivity contribution in [3.63, 3.8) is 0 Å². The van der Waals surface area contributed by atoms with Crippen molar-refractivity contribution in [1.29, 1.82) is 0 Å². The Morgan fingerprint density at radius 3 is 2.57 bits per heavy atom. The fourth-order valence-electron chi connectivity index (χ4n) is 2.22. The van der Waals surface area contributed by atoms with Crippen molar-refractivity contribution in [2.45, 2.75) is 19.9 Å². The molecule has 112 valence electrons. The first-order valence-corrected chi connectivity index (χ1v) is 6.97. The zero-order valence-electron chi connectivity index (χ0n) is 12.5. The molecule has 2 aromatic carbocycles. The average Bonchev–Trinajstić information content (AvgIpc) is 2.50. The van der Waals surface area contributed by atoms with Gasteiger partial charge in [-0.1, -0.05) is 18.2 Å². The maximum Gasteiger partial charge on any atom is 0.167 e. The summed E-state index contributed by atoms with van der Waals surface area (Å²) in [6.45, 7) is 4.28. The van der Waals surface area contributed by atoms with Crippen molar-refractivity contribution >= 4 is 5.69 Å². The third-order valence-electron chi connectivity index (χ3n) is 3.22. The van der Waals surface area contributed by atoms with Gasteiger partial charge >= 0.3 is 0 Å². The molecule has 0 saturated carbocycles. The number of para-hydroxylation sites is 1. The molecule has 0 saturated heterocycles. The second-order valence-corrected chi connectivity index (χ2v) is 4.69. The molecule has 2 rings (SSSR count). The minimum atomic E-state index is -0.367. The van der Waals surface area contributed by atoms with E-state index in [4.69, 9.17) is 9.47 Å². The molecule has 2 aromatic rings. The molecule has 4 heteroatoms. The largest absolute Gasteiger partial charge is 0.496 e. The Balaban J connectivity index is 2.16. The molecule has 0 aromatic heterocycles. The molecular formula is C17H20FNO2. The number of methoxy groups -OCH3 is 1. The van der Waals surface area contributed by atoms with Crippen LogP contribution < -0.4 is 14.8 Å². The van der Waals surface area contributed by atoms with Crippen molar-refractivity contribution in [3.8, 4) is 11.5 Å². The van der Waals surface area contributed by atoms with Gasteiger partial charge in [0, 0.05) is 17.3 Å². The lowest BCUT2D eigenvalue weighted by Crippen LogP contribution is -2.08. The van der Waals surface area contributed by atoms with Crippen molar-refractivity contribution in [2.24, 2.45) is 0 Å². The van der Waals surface area contributed by atoms with Crippen LogP contribution in [0.1, 0.15) is 25.5 Å². The number of nitrogens with one attached hydrogen (secondary N) is 1. The average molecular weight is 289 g/mol. The fraction of sp³-hybridized carbons (Fsp3) is 0.294. The summed E-state index contributed by atoms with van der Waals surface area (Å²) in [6, 6.07) is 12.7. The topological polar surface area (TPSA) is 30.5 Å². The van der Waals surface area contributed by atoms with Crippen LogP contribution in [-0.2, 0) is 0 Å². The van der Waals surface area contributed by atoms with E-state index in [9.17, 15) is 4.39 Å². The first-order chi connectivity index (χ1) is 10.2. The van der Waals surface area contributed by atoms with Crippen LogP contribution >= 0.6 is 0 Å². The van der Waals surface area contributed by atoms with Crippen LogP contribution in [0.15, 0.2) is 42.5 Å². The molecular weight excluding hydrogens is 269 g/mol. The molecule has 0 spiro atoms. The van der Waals surface area contributed by atoms with Crippen LogP contribution in [0.2, 0.25) is 0 Å². The monoisotopic (exact) mass is 289 g/mol. The number of anilines is 1. The molecule has 0 heterocycles. The van der Waals surface area contributed by atoms with E-state index < -0.39 is 0 Å². The molecule has 0 aliphatic rings. The van der Waals surface area contributed by atoms with E-state index in [-0.39, 0.29) is 17.6 Å². The molecule has 21 heavy (non-hydrogen) atoms. The fourth-order valence-corrected chi connectivity index (χ4v) is 2.22. The Bertz CT molecular complexity index is 601. The first kappa shape index (κ1) is 15.2. The van der Waals surface area contributed by atoms with Crippen LogP contribution in [0.3, 0.4) is 0 Å². The zero-order chi connectivity index (χ0) is 15.2. The van der Waals surface area contributed by atoms with Gasteiger partial charge in [0.1, 0.15) is 5.75 Å². The highest BCUT2D eigenvalue weighted by Crippen LogP contribution is 2.29. The molecule has 0 bridgehead atoms. The molecule has 3 nitrogen and oxygen atoms in total. The number of ether oxygens (including phenoxy) is 2. The predicted molar refractivity (Wildman–Crippen MR) is 82.6 cm³/mol. The highest BCUT2D eigenvalue weighted by molar-refractivity contribution is 5.50. The molecule has 0 aliphatic heterocycles. The second-order valence-electron chi connectivity index (χ2n) is 4.69. The minimum Gasteiger partial charge on any atom is -0.496 e. The summed E-state index contributed by atoms with van der Waals surface area (Å²) in [5, 5.41) is 3.27. The van der Waals surface area contributed by atoms with Crippen molar-refractivity contribution in [2.75, 3.05) is 19.0 Å². The number of rotatable bonds is 6. The van der Waals surface area contributed by atoms with Gasteiger partial charge in [-0.3, -0.25) is 0 Å². The van der Waals surface area contributed by atoms with Crippen LogP contribution in [0.4, 0.5) is 10.1 Å². The SMILES string of the molecule is CCOc1ccc(NC(C)c2ccccc2OC)cc1F. The number of hydrogen-bond donors (Lipinski definition) is 1. The molecule has 0 amide bonds. The summed E-state index contributed by atoms with van der Waals surface area (Å²) < 4.78 is 24.4. The van der Waals surface area contributed by atoms with Gasteiger partial charge in [-0.05, 0) is 32.0 Å². The molecule has 0 fully saturated rings. The van der Waals surface area contributed by atoms with Gasteiger partial charge < -0.3 is 14.8 Å². The van der Waals surface area contributed by atoms with E-state index in [0.29, 0.717) is 12.3 Å². The highest BCUT2D eigenvalue weighted by atomic mass is 19.1. The predicted octanol–water partition coefficient (Wildman–Crippen LogP) is 4.41. The lowest BCUT2D eigenvalue weighted by molar-refractivity contribution is 0.321. The lowest BCUT2D eigenvalue weighted by Gasteiger charge is -2.18. The Hall–Kier alpha value is -2.23. The summed E-state index contributed by atoms with van der Waals surface area (Å²) in [7, 11) is 1.64. The summed E-state index contributed by atoms with van der Waals surface area (Å²) in [6.07, 6.45) is 0. The second kappa shape index (κ2) is 6.97. The number of halogens is 1. The highest BCUT2D eigenvalue weighted by Gasteiger charge is 2.12. The van der Waals surface area contributed by atoms with Gasteiger partial charge in [-0.25, -0.2) is 4.39 Å². The van der Waals surface area contributed by atoms with Crippen LogP contribution in [0.25, 0.3) is 0 Å². The Kier molecular flexibility index (Phi) is 5.04. The summed E-state index contributed by atoms with van der Waals surface area (Å²) in [4.78, 5) is 0. The zero-order valence-corrected chi connectivity index (χ0v) is 12.5. The van der Waals surface area contributed by atoms with E-state index >= 15 is 0 Å². The van der Waals surface area contributed by atoms with E-state index in [1.807, 2.05) is 38.1 Å². The van der Waals surface area contributed by atoms with E-state index in [1.165, 1.54) is 6.07 Å². The van der Waals surface area contributed by atoms with Gasteiger partial charge in [0.25, 0.3) is 0 Å². The lowest BCUT2D eigenvalue weighted by atomic mass is 10.1. The normalized spacial score (nSPS) is 11.8. The maximum absolute atomic E-state index is 13.8. The van der Waals surface area contributed by atoms with E-state index in [2.05, 4.69) is 5.32 Å². The van der Waals surface area contributed by atoms with Gasteiger partial charge in [0.05, 0.1) is 19.8 Å². The smallest absolute Gasteiger partial charge is 0.167 e. The summed E-state index contributed by atoms with van der Waals surface area (Å²) in [5.41, 5.74) is 1.73. The quantitative estimate of drug-likeness (QED) is 0.854. The standard InChI is InChI=1S/C17H20FNO2/c1-4-21-17-10-9-13(11-15(17)18)19-12(2)14-7-5-6-8-16(14)20-3/h5-12,19H,4H2,1-3H3. The number of benzene rings is 2. The molecule has 1 atom stereocenters. The number of hydrogen-bond acceptors (Lipinski definition) is 3. The van der Waals surface area contributed by atoms with Crippen LogP contribution in [-0.4, -0.2) is 13.7 Å². The van der Waals surface area contributed by atoms with E-state index in [1.54, 1.807) is 19.2 Å². The Morgan fingerprint density at radius 1 is 1.14 bits per heavy atom. The van der Waals surface area contributed by atoms with Crippen molar-refractivity contribution in [3.05, 3.63) is 53.8 Å². The van der Waals surface area contributed by atoms with Crippen LogP contribution in [0.5, 0.6) is 11.5 Å². The van der Waals surface area contributed by atoms with Gasteiger partial charge in [-0.2, -0.15) is 0 Å². The molecule has 0 radical (unpaired) electrons. The molecule has 1 N–H and O–H groups in total. The van der Waals surface area contributed by atoms with E-state index in [0.717, 1.165) is 11.3 Å². The van der Waals surface area contributed by atoms with Crippen molar-refractivity contribution < 1.29 is 13.9 Å². The minimum absolute atomic E-state index is 0.00139. The van der Waals surface area contributed by atoms with Crippen molar-refractivity contribution in [1.82, 2.24) is 0 Å². The third-order valence-corrected chi connectivity index (χ3v) is 3.22. The van der Waals surface area contributed by atoms with Gasteiger partial charge in [0.15, 0.2) is 11.6 Å². The Labute approximate surface area is 124 Å². The summed E-state index contributed by atoms with van der Waals surface area (Å²) >= 11 is 0. The third kappa shape index (κ3) is 3.66. The maximum atomic E-state index is 13.8. The molecule has 1 unspecified atom stereocenters.